The number of hydrogen-bond donors (Lipinski definition) is 1. The van der Waals surface area contributed by atoms with E-state index in [0.717, 1.165) is 6.07 Å². The number of nitrogens with two attached hydrogens (primary N) is 1. The molecule has 0 saturated carbocycles. The lowest BCUT2D eigenvalue weighted by Crippen LogP contribution is -2.07. The van der Waals surface area contributed by atoms with Gasteiger partial charge in [-0.05, 0) is 17.7 Å². The lowest BCUT2D eigenvalue weighted by Gasteiger charge is -2.02. The van der Waals surface area contributed by atoms with Crippen molar-refractivity contribution in [3.05, 3.63) is 34.6 Å². The van der Waals surface area contributed by atoms with Crippen LogP contribution in [-0.2, 0) is 0 Å². The van der Waals surface area contributed by atoms with E-state index >= 15 is 0 Å². The molecule has 0 radical (unpaired) electrons. The van der Waals surface area contributed by atoms with Crippen molar-refractivity contribution in [2.75, 3.05) is 0 Å². The standard InChI is InChI=1S/C8H6ClFN2/c9-6-2-1-5(3-7(6)10)8(12)4-11/h1-3,8H,12H2/t8-/m0/s1. The minimum absolute atomic E-state index is 0.0314. The number of hydrogen-bond acceptors (Lipinski definition) is 2. The summed E-state index contributed by atoms with van der Waals surface area (Å²) in [6.45, 7) is 0. The van der Waals surface area contributed by atoms with Gasteiger partial charge in [-0.1, -0.05) is 17.7 Å². The summed E-state index contributed by atoms with van der Waals surface area (Å²) in [7, 11) is 0. The third-order valence-corrected chi connectivity index (χ3v) is 1.75. The van der Waals surface area contributed by atoms with E-state index in [-0.39, 0.29) is 5.02 Å². The van der Waals surface area contributed by atoms with Crippen LogP contribution >= 0.6 is 11.6 Å². The zero-order valence-electron chi connectivity index (χ0n) is 6.09. The average Bonchev–Trinajstić information content (AvgIpc) is 2.08. The van der Waals surface area contributed by atoms with Crippen molar-refractivity contribution in [2.24, 2.45) is 5.73 Å². The smallest absolute Gasteiger partial charge is 0.142 e. The molecule has 1 atom stereocenters. The molecule has 0 saturated heterocycles. The Bertz CT molecular complexity index is 332. The van der Waals surface area contributed by atoms with E-state index in [1.165, 1.54) is 12.1 Å². The van der Waals surface area contributed by atoms with E-state index in [0.29, 0.717) is 5.56 Å². The van der Waals surface area contributed by atoms with Gasteiger partial charge in [-0.15, -0.1) is 0 Å². The van der Waals surface area contributed by atoms with Crippen LogP contribution in [-0.4, -0.2) is 0 Å². The van der Waals surface area contributed by atoms with Gasteiger partial charge in [0.15, 0.2) is 0 Å². The van der Waals surface area contributed by atoms with Crippen LogP contribution in [0.4, 0.5) is 4.39 Å². The quantitative estimate of drug-likeness (QED) is 0.726. The summed E-state index contributed by atoms with van der Waals surface area (Å²) in [6.07, 6.45) is 0. The topological polar surface area (TPSA) is 49.8 Å². The molecule has 1 rings (SSSR count). The van der Waals surface area contributed by atoms with Crippen molar-refractivity contribution >= 4 is 11.6 Å². The average molecular weight is 185 g/mol. The molecule has 0 aliphatic heterocycles. The van der Waals surface area contributed by atoms with E-state index in [9.17, 15) is 4.39 Å². The zero-order chi connectivity index (χ0) is 9.14. The highest BCUT2D eigenvalue weighted by Gasteiger charge is 2.06. The molecule has 0 amide bonds. The van der Waals surface area contributed by atoms with Crippen molar-refractivity contribution in [3.8, 4) is 6.07 Å². The second kappa shape index (κ2) is 3.53. The molecule has 0 fully saturated rings. The first-order valence-electron chi connectivity index (χ1n) is 3.25. The SMILES string of the molecule is N#C[C@H](N)c1ccc(Cl)c(F)c1. The lowest BCUT2D eigenvalue weighted by atomic mass is 10.1. The van der Waals surface area contributed by atoms with Crippen LogP contribution in [0.5, 0.6) is 0 Å². The molecule has 0 bridgehead atoms. The second-order valence-electron chi connectivity index (χ2n) is 2.28. The van der Waals surface area contributed by atoms with Crippen molar-refractivity contribution in [1.82, 2.24) is 0 Å². The fourth-order valence-electron chi connectivity index (χ4n) is 0.780. The van der Waals surface area contributed by atoms with Gasteiger partial charge in [0.05, 0.1) is 11.1 Å². The van der Waals surface area contributed by atoms with Crippen LogP contribution < -0.4 is 5.73 Å². The van der Waals surface area contributed by atoms with Gasteiger partial charge in [-0.2, -0.15) is 5.26 Å². The molecule has 1 aromatic rings. The van der Waals surface area contributed by atoms with Crippen molar-refractivity contribution in [3.63, 3.8) is 0 Å². The van der Waals surface area contributed by atoms with Gasteiger partial charge in [-0.3, -0.25) is 0 Å². The van der Waals surface area contributed by atoms with Gasteiger partial charge >= 0.3 is 0 Å². The Morgan fingerprint density at radius 1 is 1.58 bits per heavy atom. The first kappa shape index (κ1) is 8.98. The zero-order valence-corrected chi connectivity index (χ0v) is 6.85. The Morgan fingerprint density at radius 2 is 2.25 bits per heavy atom. The molecule has 2 N–H and O–H groups in total. The Labute approximate surface area is 74.4 Å². The number of nitriles is 1. The van der Waals surface area contributed by atoms with Crippen LogP contribution in [0.1, 0.15) is 11.6 Å². The van der Waals surface area contributed by atoms with Gasteiger partial charge in [0.2, 0.25) is 0 Å². The number of benzene rings is 1. The van der Waals surface area contributed by atoms with Crippen molar-refractivity contribution < 1.29 is 4.39 Å². The fraction of sp³-hybridized carbons (Fsp3) is 0.125. The Balaban J connectivity index is 3.06. The highest BCUT2D eigenvalue weighted by molar-refractivity contribution is 6.30. The van der Waals surface area contributed by atoms with Crippen LogP contribution in [0.2, 0.25) is 5.02 Å². The van der Waals surface area contributed by atoms with Crippen LogP contribution in [0.3, 0.4) is 0 Å². The minimum Gasteiger partial charge on any atom is -0.312 e. The van der Waals surface area contributed by atoms with Gasteiger partial charge in [0.25, 0.3) is 0 Å². The van der Waals surface area contributed by atoms with Crippen LogP contribution in [0.15, 0.2) is 18.2 Å². The van der Waals surface area contributed by atoms with Gasteiger partial charge in [-0.25, -0.2) is 4.39 Å². The third-order valence-electron chi connectivity index (χ3n) is 1.44. The van der Waals surface area contributed by atoms with E-state index < -0.39 is 11.9 Å². The highest BCUT2D eigenvalue weighted by Crippen LogP contribution is 2.18. The molecule has 4 heteroatoms. The maximum atomic E-state index is 12.8. The molecule has 12 heavy (non-hydrogen) atoms. The Hall–Kier alpha value is -1.11. The second-order valence-corrected chi connectivity index (χ2v) is 2.69. The van der Waals surface area contributed by atoms with Crippen LogP contribution in [0.25, 0.3) is 0 Å². The summed E-state index contributed by atoms with van der Waals surface area (Å²) in [6, 6.07) is 5.07. The largest absolute Gasteiger partial charge is 0.312 e. The normalized spacial score (nSPS) is 12.2. The third kappa shape index (κ3) is 1.73. The molecule has 0 spiro atoms. The van der Waals surface area contributed by atoms with Crippen LogP contribution in [0, 0.1) is 17.1 Å². The number of nitrogens with zero attached hydrogens (tertiary/aromatic N) is 1. The molecule has 0 aliphatic rings. The molecule has 1 aromatic carbocycles. The first-order chi connectivity index (χ1) is 5.65. The first-order valence-corrected chi connectivity index (χ1v) is 3.63. The van der Waals surface area contributed by atoms with Gasteiger partial charge < -0.3 is 5.73 Å². The molecule has 62 valence electrons. The maximum Gasteiger partial charge on any atom is 0.142 e. The summed E-state index contributed by atoms with van der Waals surface area (Å²) in [5.74, 6) is -0.556. The fourth-order valence-corrected chi connectivity index (χ4v) is 0.898. The lowest BCUT2D eigenvalue weighted by molar-refractivity contribution is 0.625. The van der Waals surface area contributed by atoms with Gasteiger partial charge in [0.1, 0.15) is 11.9 Å². The Kier molecular flexibility index (Phi) is 2.64. The number of rotatable bonds is 1. The van der Waals surface area contributed by atoms with E-state index in [1.54, 1.807) is 6.07 Å². The summed E-state index contributed by atoms with van der Waals surface area (Å²) in [5, 5.41) is 8.45. The Morgan fingerprint density at radius 3 is 2.75 bits per heavy atom. The monoisotopic (exact) mass is 184 g/mol. The maximum absolute atomic E-state index is 12.8. The predicted molar refractivity (Wildman–Crippen MR) is 44.0 cm³/mol. The summed E-state index contributed by atoms with van der Waals surface area (Å²) in [4.78, 5) is 0. The molecule has 0 aromatic heterocycles. The van der Waals surface area contributed by atoms with E-state index in [2.05, 4.69) is 0 Å². The predicted octanol–water partition coefficient (Wildman–Crippen LogP) is 2.00. The molecule has 0 heterocycles. The minimum atomic E-state index is -0.795. The summed E-state index contributed by atoms with van der Waals surface area (Å²) in [5.41, 5.74) is 5.77. The van der Waals surface area contributed by atoms with Gasteiger partial charge in [0, 0.05) is 0 Å². The molecule has 2 nitrogen and oxygen atoms in total. The van der Waals surface area contributed by atoms with Crippen molar-refractivity contribution in [2.45, 2.75) is 6.04 Å². The summed E-state index contributed by atoms with van der Waals surface area (Å²) < 4.78 is 12.8. The highest BCUT2D eigenvalue weighted by atomic mass is 35.5. The molecule has 0 unspecified atom stereocenters. The molecular weight excluding hydrogens is 179 g/mol. The van der Waals surface area contributed by atoms with E-state index in [4.69, 9.17) is 22.6 Å². The van der Waals surface area contributed by atoms with Crippen molar-refractivity contribution in [1.29, 1.82) is 5.26 Å². The molecular formula is C8H6ClFN2. The van der Waals surface area contributed by atoms with E-state index in [1.807, 2.05) is 0 Å². The number of halogens is 2. The summed E-state index contributed by atoms with van der Waals surface area (Å²) >= 11 is 5.43. The molecule has 0 aliphatic carbocycles.